The van der Waals surface area contributed by atoms with Crippen LogP contribution in [-0.2, 0) is 0 Å². The molecule has 0 spiro atoms. The molecule has 0 saturated heterocycles. The lowest BCUT2D eigenvalue weighted by atomic mass is 10.1. The summed E-state index contributed by atoms with van der Waals surface area (Å²) in [5.41, 5.74) is 0.649. The summed E-state index contributed by atoms with van der Waals surface area (Å²) in [6, 6.07) is 1.42. The Balaban J connectivity index is 2.65. The van der Waals surface area contributed by atoms with Gasteiger partial charge in [-0.1, -0.05) is 6.92 Å². The Bertz CT molecular complexity index is 385. The van der Waals surface area contributed by atoms with Crippen LogP contribution in [0.15, 0.2) is 12.4 Å². The van der Waals surface area contributed by atoms with Crippen molar-refractivity contribution in [2.24, 2.45) is 0 Å². The lowest BCUT2D eigenvalue weighted by molar-refractivity contribution is -0.135. The summed E-state index contributed by atoms with van der Waals surface area (Å²) in [4.78, 5) is 7.97. The van der Waals surface area contributed by atoms with Crippen LogP contribution in [0.2, 0.25) is 0 Å². The van der Waals surface area contributed by atoms with E-state index in [2.05, 4.69) is 15.3 Å². The fraction of sp³-hybridized carbons (Fsp3) is 0.667. The van der Waals surface area contributed by atoms with Gasteiger partial charge in [0.2, 0.25) is 5.88 Å². The number of ether oxygens (including phenoxy) is 1. The van der Waals surface area contributed by atoms with Crippen molar-refractivity contribution in [2.45, 2.75) is 38.4 Å². The minimum absolute atomic E-state index is 0.0630. The minimum Gasteiger partial charge on any atom is -0.481 e. The Hall–Kier alpha value is -1.37. The van der Waals surface area contributed by atoms with Crippen LogP contribution in [0.25, 0.3) is 0 Å². The van der Waals surface area contributed by atoms with E-state index in [-0.39, 0.29) is 12.5 Å². The standard InChI is InChI=1S/C12H18F3N3O/c1-3-16-9(5-4-6-12(13,14)15)10-7-11(19-2)18-8-17-10/h7-9,16H,3-6H2,1-2H3. The number of aromatic nitrogens is 2. The van der Waals surface area contributed by atoms with Crippen LogP contribution in [0.3, 0.4) is 0 Å². The van der Waals surface area contributed by atoms with Crippen LogP contribution in [0.4, 0.5) is 13.2 Å². The van der Waals surface area contributed by atoms with E-state index >= 15 is 0 Å². The first-order chi connectivity index (χ1) is 8.96. The zero-order chi connectivity index (χ0) is 14.3. The van der Waals surface area contributed by atoms with Gasteiger partial charge >= 0.3 is 6.18 Å². The van der Waals surface area contributed by atoms with Gasteiger partial charge in [-0.3, -0.25) is 0 Å². The highest BCUT2D eigenvalue weighted by atomic mass is 19.4. The van der Waals surface area contributed by atoms with Crippen LogP contribution in [0.5, 0.6) is 5.88 Å². The average Bonchev–Trinajstić information content (AvgIpc) is 2.36. The topological polar surface area (TPSA) is 47.0 Å². The normalized spacial score (nSPS) is 13.3. The first-order valence-electron chi connectivity index (χ1n) is 6.12. The van der Waals surface area contributed by atoms with Gasteiger partial charge in [-0.2, -0.15) is 13.2 Å². The molecule has 1 N–H and O–H groups in total. The molecule has 0 fully saturated rings. The minimum atomic E-state index is -4.11. The SMILES string of the molecule is CCNC(CCCC(F)(F)F)c1cc(OC)ncn1. The third kappa shape index (κ3) is 5.87. The number of methoxy groups -OCH3 is 1. The van der Waals surface area contributed by atoms with Crippen molar-refractivity contribution in [1.29, 1.82) is 0 Å². The van der Waals surface area contributed by atoms with Gasteiger partial charge in [0.25, 0.3) is 0 Å². The molecule has 1 rings (SSSR count). The molecule has 7 heteroatoms. The van der Waals surface area contributed by atoms with Crippen molar-refractivity contribution in [3.8, 4) is 5.88 Å². The lowest BCUT2D eigenvalue weighted by Crippen LogP contribution is -2.22. The molecular weight excluding hydrogens is 259 g/mol. The Morgan fingerprint density at radius 1 is 1.37 bits per heavy atom. The van der Waals surface area contributed by atoms with Gasteiger partial charge in [-0.05, 0) is 19.4 Å². The van der Waals surface area contributed by atoms with Crippen molar-refractivity contribution >= 4 is 0 Å². The van der Waals surface area contributed by atoms with Crippen LogP contribution in [0, 0.1) is 0 Å². The fourth-order valence-corrected chi connectivity index (χ4v) is 1.76. The highest BCUT2D eigenvalue weighted by Gasteiger charge is 2.27. The maximum Gasteiger partial charge on any atom is 0.389 e. The predicted molar refractivity (Wildman–Crippen MR) is 64.9 cm³/mol. The Kier molecular flexibility index (Phi) is 6.01. The summed E-state index contributed by atoms with van der Waals surface area (Å²) >= 11 is 0. The van der Waals surface area contributed by atoms with E-state index in [0.717, 1.165) is 0 Å². The summed E-state index contributed by atoms with van der Waals surface area (Å²) < 4.78 is 41.4. The molecule has 1 atom stereocenters. The molecule has 0 aliphatic heterocycles. The van der Waals surface area contributed by atoms with E-state index < -0.39 is 12.6 Å². The van der Waals surface area contributed by atoms with Crippen molar-refractivity contribution in [2.75, 3.05) is 13.7 Å². The second kappa shape index (κ2) is 7.28. The van der Waals surface area contributed by atoms with Gasteiger partial charge in [-0.15, -0.1) is 0 Å². The summed E-state index contributed by atoms with van der Waals surface area (Å²) in [6.45, 7) is 2.55. The summed E-state index contributed by atoms with van der Waals surface area (Å²) in [5, 5.41) is 3.12. The molecule has 19 heavy (non-hydrogen) atoms. The zero-order valence-electron chi connectivity index (χ0n) is 11.0. The largest absolute Gasteiger partial charge is 0.481 e. The maximum atomic E-state index is 12.1. The molecule has 0 saturated carbocycles. The van der Waals surface area contributed by atoms with Gasteiger partial charge in [0, 0.05) is 18.5 Å². The predicted octanol–water partition coefficient (Wildman–Crippen LogP) is 2.87. The Morgan fingerprint density at radius 2 is 2.11 bits per heavy atom. The van der Waals surface area contributed by atoms with Crippen molar-refractivity contribution in [3.05, 3.63) is 18.1 Å². The van der Waals surface area contributed by atoms with Gasteiger partial charge < -0.3 is 10.1 Å². The number of hydrogen-bond acceptors (Lipinski definition) is 4. The quantitative estimate of drug-likeness (QED) is 0.832. The summed E-state index contributed by atoms with van der Waals surface area (Å²) in [5.74, 6) is 0.406. The monoisotopic (exact) mass is 277 g/mol. The molecule has 1 aromatic rings. The second-order valence-corrected chi connectivity index (χ2v) is 4.10. The molecule has 0 amide bonds. The molecule has 0 aliphatic rings. The smallest absolute Gasteiger partial charge is 0.389 e. The average molecular weight is 277 g/mol. The molecule has 1 unspecified atom stereocenters. The third-order valence-electron chi connectivity index (χ3n) is 2.63. The van der Waals surface area contributed by atoms with Crippen LogP contribution in [-0.4, -0.2) is 29.8 Å². The van der Waals surface area contributed by atoms with Gasteiger partial charge in [0.1, 0.15) is 6.33 Å². The van der Waals surface area contributed by atoms with Crippen molar-refractivity contribution in [3.63, 3.8) is 0 Å². The van der Waals surface area contributed by atoms with Crippen LogP contribution >= 0.6 is 0 Å². The van der Waals surface area contributed by atoms with E-state index in [1.807, 2.05) is 6.92 Å². The molecule has 0 aliphatic carbocycles. The maximum absolute atomic E-state index is 12.1. The highest BCUT2D eigenvalue weighted by Crippen LogP contribution is 2.26. The first kappa shape index (κ1) is 15.7. The summed E-state index contributed by atoms with van der Waals surface area (Å²) in [7, 11) is 1.48. The van der Waals surface area contributed by atoms with E-state index in [9.17, 15) is 13.2 Å². The molecular formula is C12H18F3N3O. The molecule has 108 valence electrons. The Morgan fingerprint density at radius 3 is 2.68 bits per heavy atom. The zero-order valence-corrected chi connectivity index (χ0v) is 11.0. The van der Waals surface area contributed by atoms with Crippen LogP contribution < -0.4 is 10.1 Å². The van der Waals surface area contributed by atoms with Crippen LogP contribution in [0.1, 0.15) is 37.9 Å². The van der Waals surface area contributed by atoms with Gasteiger partial charge in [0.15, 0.2) is 0 Å². The van der Waals surface area contributed by atoms with E-state index in [4.69, 9.17) is 4.74 Å². The molecule has 1 heterocycles. The third-order valence-corrected chi connectivity index (χ3v) is 2.63. The van der Waals surface area contributed by atoms with Gasteiger partial charge in [0.05, 0.1) is 12.8 Å². The fourth-order valence-electron chi connectivity index (χ4n) is 1.76. The number of hydrogen-bond donors (Lipinski definition) is 1. The van der Waals surface area contributed by atoms with Crippen molar-refractivity contribution < 1.29 is 17.9 Å². The number of alkyl halides is 3. The first-order valence-corrected chi connectivity index (χ1v) is 6.12. The van der Waals surface area contributed by atoms with Gasteiger partial charge in [-0.25, -0.2) is 9.97 Å². The molecule has 1 aromatic heterocycles. The lowest BCUT2D eigenvalue weighted by Gasteiger charge is -2.18. The van der Waals surface area contributed by atoms with Crippen molar-refractivity contribution in [1.82, 2.24) is 15.3 Å². The second-order valence-electron chi connectivity index (χ2n) is 4.10. The van der Waals surface area contributed by atoms with E-state index in [0.29, 0.717) is 24.5 Å². The number of rotatable bonds is 7. The number of nitrogens with one attached hydrogen (secondary N) is 1. The molecule has 4 nitrogen and oxygen atoms in total. The molecule has 0 radical (unpaired) electrons. The summed E-state index contributed by atoms with van der Waals surface area (Å²) in [6.07, 6.45) is -3.11. The molecule has 0 bridgehead atoms. The number of nitrogens with zero attached hydrogens (tertiary/aromatic N) is 2. The Labute approximate surface area is 110 Å². The molecule has 0 aromatic carbocycles. The van der Waals surface area contributed by atoms with E-state index in [1.165, 1.54) is 13.4 Å². The number of halogens is 3. The van der Waals surface area contributed by atoms with E-state index in [1.54, 1.807) is 6.07 Å². The highest BCUT2D eigenvalue weighted by molar-refractivity contribution is 5.16.